The number of ether oxygens (including phenoxy) is 1. The van der Waals surface area contributed by atoms with Gasteiger partial charge >= 0.3 is 5.97 Å². The SMILES string of the molecule is COc1ccc(NC(=O)Cc2c(C(=O)O)c(C)cn2C)cc1. The molecule has 0 aliphatic heterocycles. The van der Waals surface area contributed by atoms with Crippen LogP contribution in [-0.4, -0.2) is 28.7 Å². The minimum atomic E-state index is -1.02. The Morgan fingerprint density at radius 1 is 1.27 bits per heavy atom. The van der Waals surface area contributed by atoms with Crippen LogP contribution in [0.25, 0.3) is 0 Å². The van der Waals surface area contributed by atoms with E-state index in [-0.39, 0.29) is 17.9 Å². The van der Waals surface area contributed by atoms with Gasteiger partial charge in [0.2, 0.25) is 5.91 Å². The number of nitrogens with zero attached hydrogens (tertiary/aromatic N) is 1. The fraction of sp³-hybridized carbons (Fsp3) is 0.250. The molecule has 0 atom stereocenters. The van der Waals surface area contributed by atoms with E-state index in [0.717, 1.165) is 0 Å². The summed E-state index contributed by atoms with van der Waals surface area (Å²) in [5.74, 6) is -0.594. The number of methoxy groups -OCH3 is 1. The number of rotatable bonds is 5. The average molecular weight is 302 g/mol. The maximum atomic E-state index is 12.1. The molecule has 116 valence electrons. The summed E-state index contributed by atoms with van der Waals surface area (Å²) in [6, 6.07) is 6.94. The van der Waals surface area contributed by atoms with E-state index in [4.69, 9.17) is 4.74 Å². The molecule has 2 rings (SSSR count). The number of nitrogens with one attached hydrogen (secondary N) is 1. The predicted molar refractivity (Wildman–Crippen MR) is 82.4 cm³/mol. The van der Waals surface area contributed by atoms with Crippen LogP contribution in [0, 0.1) is 6.92 Å². The van der Waals surface area contributed by atoms with E-state index in [0.29, 0.717) is 22.7 Å². The van der Waals surface area contributed by atoms with Crippen LogP contribution in [-0.2, 0) is 18.3 Å². The lowest BCUT2D eigenvalue weighted by molar-refractivity contribution is -0.115. The second kappa shape index (κ2) is 6.34. The molecule has 1 heterocycles. The van der Waals surface area contributed by atoms with Gasteiger partial charge in [0.15, 0.2) is 0 Å². The molecule has 6 nitrogen and oxygen atoms in total. The van der Waals surface area contributed by atoms with Crippen LogP contribution >= 0.6 is 0 Å². The highest BCUT2D eigenvalue weighted by Crippen LogP contribution is 2.18. The largest absolute Gasteiger partial charge is 0.497 e. The Bertz CT molecular complexity index is 702. The zero-order chi connectivity index (χ0) is 16.3. The summed E-state index contributed by atoms with van der Waals surface area (Å²) in [6.45, 7) is 1.72. The minimum Gasteiger partial charge on any atom is -0.497 e. The molecule has 0 fully saturated rings. The van der Waals surface area contributed by atoms with Gasteiger partial charge in [-0.2, -0.15) is 0 Å². The van der Waals surface area contributed by atoms with Crippen LogP contribution in [0.2, 0.25) is 0 Å². The molecule has 22 heavy (non-hydrogen) atoms. The summed E-state index contributed by atoms with van der Waals surface area (Å²) in [6.07, 6.45) is 1.71. The maximum absolute atomic E-state index is 12.1. The van der Waals surface area contributed by atoms with Crippen LogP contribution in [0.15, 0.2) is 30.5 Å². The number of aryl methyl sites for hydroxylation is 2. The molecule has 1 aromatic heterocycles. The third-order valence-corrected chi connectivity index (χ3v) is 3.41. The normalized spacial score (nSPS) is 10.3. The van der Waals surface area contributed by atoms with Gasteiger partial charge in [-0.25, -0.2) is 4.79 Å². The van der Waals surface area contributed by atoms with Crippen LogP contribution in [0.1, 0.15) is 21.6 Å². The Balaban J connectivity index is 2.13. The molecule has 0 unspecified atom stereocenters. The molecule has 0 aliphatic carbocycles. The third kappa shape index (κ3) is 3.28. The fourth-order valence-electron chi connectivity index (χ4n) is 2.37. The quantitative estimate of drug-likeness (QED) is 0.887. The second-order valence-corrected chi connectivity index (χ2v) is 5.00. The van der Waals surface area contributed by atoms with Crippen molar-refractivity contribution in [2.45, 2.75) is 13.3 Å². The zero-order valence-electron chi connectivity index (χ0n) is 12.7. The number of benzene rings is 1. The summed E-state index contributed by atoms with van der Waals surface area (Å²) >= 11 is 0. The Labute approximate surface area is 128 Å². The lowest BCUT2D eigenvalue weighted by Crippen LogP contribution is -2.18. The van der Waals surface area contributed by atoms with E-state index in [2.05, 4.69) is 5.32 Å². The van der Waals surface area contributed by atoms with E-state index in [1.807, 2.05) is 0 Å². The van der Waals surface area contributed by atoms with Gasteiger partial charge in [0.1, 0.15) is 5.75 Å². The van der Waals surface area contributed by atoms with E-state index in [1.165, 1.54) is 0 Å². The number of hydrogen-bond donors (Lipinski definition) is 2. The molecule has 6 heteroatoms. The van der Waals surface area contributed by atoms with Gasteiger partial charge in [0.05, 0.1) is 19.1 Å². The van der Waals surface area contributed by atoms with Gasteiger partial charge < -0.3 is 19.7 Å². The number of carbonyl (C=O) groups is 2. The van der Waals surface area contributed by atoms with Gasteiger partial charge in [0, 0.05) is 24.6 Å². The molecule has 0 saturated carbocycles. The first-order valence-electron chi connectivity index (χ1n) is 6.74. The molecule has 0 saturated heterocycles. The van der Waals surface area contributed by atoms with E-state index >= 15 is 0 Å². The smallest absolute Gasteiger partial charge is 0.337 e. The number of hydrogen-bond acceptors (Lipinski definition) is 3. The monoisotopic (exact) mass is 302 g/mol. The highest BCUT2D eigenvalue weighted by Gasteiger charge is 2.20. The average Bonchev–Trinajstić information content (AvgIpc) is 2.74. The number of carbonyl (C=O) groups excluding carboxylic acids is 1. The van der Waals surface area contributed by atoms with Crippen molar-refractivity contribution >= 4 is 17.6 Å². The molecular weight excluding hydrogens is 284 g/mol. The molecule has 0 aliphatic rings. The first-order valence-corrected chi connectivity index (χ1v) is 6.74. The Kier molecular flexibility index (Phi) is 4.50. The van der Waals surface area contributed by atoms with E-state index in [1.54, 1.807) is 56.1 Å². The van der Waals surface area contributed by atoms with Crippen molar-refractivity contribution in [1.29, 1.82) is 0 Å². The topological polar surface area (TPSA) is 80.6 Å². The van der Waals surface area contributed by atoms with Crippen LogP contribution < -0.4 is 10.1 Å². The van der Waals surface area contributed by atoms with Crippen molar-refractivity contribution in [2.24, 2.45) is 7.05 Å². The lowest BCUT2D eigenvalue weighted by Gasteiger charge is -2.08. The molecule has 1 amide bonds. The summed E-state index contributed by atoms with van der Waals surface area (Å²) in [7, 11) is 3.30. The number of carboxylic acid groups (broad SMARTS) is 1. The minimum absolute atomic E-state index is 0.00198. The maximum Gasteiger partial charge on any atom is 0.337 e. The van der Waals surface area contributed by atoms with Gasteiger partial charge in [-0.3, -0.25) is 4.79 Å². The first kappa shape index (κ1) is 15.6. The highest BCUT2D eigenvalue weighted by atomic mass is 16.5. The van der Waals surface area contributed by atoms with Crippen molar-refractivity contribution < 1.29 is 19.4 Å². The van der Waals surface area contributed by atoms with Gasteiger partial charge in [-0.1, -0.05) is 0 Å². The molecule has 2 N–H and O–H groups in total. The highest BCUT2D eigenvalue weighted by molar-refractivity contribution is 5.96. The number of aromatic nitrogens is 1. The van der Waals surface area contributed by atoms with Crippen molar-refractivity contribution in [3.63, 3.8) is 0 Å². The molecule has 0 bridgehead atoms. The van der Waals surface area contributed by atoms with Gasteiger partial charge in [0.25, 0.3) is 0 Å². The molecule has 1 aromatic carbocycles. The van der Waals surface area contributed by atoms with Crippen LogP contribution in [0.3, 0.4) is 0 Å². The number of amides is 1. The van der Waals surface area contributed by atoms with E-state index in [9.17, 15) is 14.7 Å². The van der Waals surface area contributed by atoms with Crippen LogP contribution in [0.4, 0.5) is 5.69 Å². The third-order valence-electron chi connectivity index (χ3n) is 3.41. The first-order chi connectivity index (χ1) is 10.4. The summed E-state index contributed by atoms with van der Waals surface area (Å²) in [5, 5.41) is 12.0. The predicted octanol–water partition coefficient (Wildman–Crippen LogP) is 2.22. The molecular formula is C16H18N2O4. The second-order valence-electron chi connectivity index (χ2n) is 5.00. The summed E-state index contributed by atoms with van der Waals surface area (Å²) < 4.78 is 6.72. The number of anilines is 1. The Morgan fingerprint density at radius 3 is 2.45 bits per heavy atom. The van der Waals surface area contributed by atoms with Crippen molar-refractivity contribution in [3.05, 3.63) is 47.3 Å². The summed E-state index contributed by atoms with van der Waals surface area (Å²) in [4.78, 5) is 23.4. The van der Waals surface area contributed by atoms with Crippen molar-refractivity contribution in [1.82, 2.24) is 4.57 Å². The van der Waals surface area contributed by atoms with Gasteiger partial charge in [-0.05, 0) is 36.8 Å². The molecule has 0 spiro atoms. The fourth-order valence-corrected chi connectivity index (χ4v) is 2.37. The summed E-state index contributed by atoms with van der Waals surface area (Å²) in [5.41, 5.74) is 1.94. The van der Waals surface area contributed by atoms with Crippen LogP contribution in [0.5, 0.6) is 5.75 Å². The zero-order valence-corrected chi connectivity index (χ0v) is 12.7. The number of aromatic carboxylic acids is 1. The van der Waals surface area contributed by atoms with Crippen molar-refractivity contribution in [3.8, 4) is 5.75 Å². The number of carboxylic acids is 1. The standard InChI is InChI=1S/C16H18N2O4/c1-10-9-18(2)13(15(10)16(20)21)8-14(19)17-11-4-6-12(22-3)7-5-11/h4-7,9H,8H2,1-3H3,(H,17,19)(H,20,21). The molecule has 2 aromatic rings. The lowest BCUT2D eigenvalue weighted by atomic mass is 10.1. The Hall–Kier alpha value is -2.76. The molecule has 0 radical (unpaired) electrons. The van der Waals surface area contributed by atoms with Crippen molar-refractivity contribution in [2.75, 3.05) is 12.4 Å². The van der Waals surface area contributed by atoms with E-state index < -0.39 is 5.97 Å². The van der Waals surface area contributed by atoms with Gasteiger partial charge in [-0.15, -0.1) is 0 Å². The Morgan fingerprint density at radius 2 is 1.91 bits per heavy atom.